The van der Waals surface area contributed by atoms with E-state index in [-0.39, 0.29) is 22.0 Å². The van der Waals surface area contributed by atoms with E-state index < -0.39 is 0 Å². The molecule has 0 saturated heterocycles. The van der Waals surface area contributed by atoms with Crippen LogP contribution in [0.25, 0.3) is 0 Å². The summed E-state index contributed by atoms with van der Waals surface area (Å²) in [7, 11) is 3.88. The highest BCUT2D eigenvalue weighted by Gasteiger charge is 2.16. The van der Waals surface area contributed by atoms with Crippen molar-refractivity contribution < 1.29 is 4.79 Å². The highest BCUT2D eigenvalue weighted by molar-refractivity contribution is 6.44. The number of anilines is 1. The number of hydrogen-bond donors (Lipinski definition) is 2. The number of amides is 1. The van der Waals surface area contributed by atoms with Gasteiger partial charge in [-0.3, -0.25) is 4.79 Å². The van der Waals surface area contributed by atoms with Crippen LogP contribution in [-0.2, 0) is 0 Å². The van der Waals surface area contributed by atoms with E-state index >= 15 is 0 Å². The van der Waals surface area contributed by atoms with Crippen LogP contribution in [0.4, 0.5) is 5.69 Å². The molecule has 18 heavy (non-hydrogen) atoms. The summed E-state index contributed by atoms with van der Waals surface area (Å²) in [6, 6.07) is 3.04. The largest absolute Gasteiger partial charge is 0.399 e. The van der Waals surface area contributed by atoms with E-state index in [4.69, 9.17) is 28.9 Å². The van der Waals surface area contributed by atoms with Crippen LogP contribution in [0.2, 0.25) is 10.0 Å². The second-order valence-electron chi connectivity index (χ2n) is 4.50. The fraction of sp³-hybridized carbons (Fsp3) is 0.417. The lowest BCUT2D eigenvalue weighted by atomic mass is 10.1. The number of likely N-dealkylation sites (N-methyl/N-ethyl adjacent to an activating group) is 1. The average molecular weight is 290 g/mol. The Labute approximate surface area is 117 Å². The van der Waals surface area contributed by atoms with Crippen molar-refractivity contribution in [2.75, 3.05) is 26.4 Å². The van der Waals surface area contributed by atoms with Crippen LogP contribution >= 0.6 is 23.2 Å². The lowest BCUT2D eigenvalue weighted by Gasteiger charge is -2.18. The zero-order chi connectivity index (χ0) is 13.9. The summed E-state index contributed by atoms with van der Waals surface area (Å²) in [4.78, 5) is 14.0. The van der Waals surface area contributed by atoms with Crippen molar-refractivity contribution in [2.45, 2.75) is 13.0 Å². The number of carbonyl (C=O) groups is 1. The number of nitrogens with zero attached hydrogens (tertiary/aromatic N) is 1. The standard InChI is InChI=1S/C12H17Cl2N3O/c1-7(6-17(2)3)16-12(18)9-4-8(15)5-10(13)11(9)14/h4-5,7H,6,15H2,1-3H3,(H,16,18). The summed E-state index contributed by atoms with van der Waals surface area (Å²) < 4.78 is 0. The molecule has 0 radical (unpaired) electrons. The van der Waals surface area contributed by atoms with Crippen LogP contribution in [0.1, 0.15) is 17.3 Å². The monoisotopic (exact) mass is 289 g/mol. The first-order chi connectivity index (χ1) is 8.31. The van der Waals surface area contributed by atoms with Crippen molar-refractivity contribution in [3.63, 3.8) is 0 Å². The van der Waals surface area contributed by atoms with Gasteiger partial charge < -0.3 is 16.0 Å². The molecule has 1 rings (SSSR count). The van der Waals surface area contributed by atoms with Crippen LogP contribution in [0.5, 0.6) is 0 Å². The molecule has 1 aromatic carbocycles. The smallest absolute Gasteiger partial charge is 0.253 e. The van der Waals surface area contributed by atoms with E-state index in [2.05, 4.69) is 5.32 Å². The van der Waals surface area contributed by atoms with Gasteiger partial charge in [0.1, 0.15) is 0 Å². The van der Waals surface area contributed by atoms with Gasteiger partial charge in [-0.25, -0.2) is 0 Å². The topological polar surface area (TPSA) is 58.4 Å². The van der Waals surface area contributed by atoms with Crippen molar-refractivity contribution in [1.29, 1.82) is 0 Å². The lowest BCUT2D eigenvalue weighted by Crippen LogP contribution is -2.39. The average Bonchev–Trinajstić information content (AvgIpc) is 2.21. The Hall–Kier alpha value is -0.970. The van der Waals surface area contributed by atoms with Gasteiger partial charge in [-0.1, -0.05) is 23.2 Å². The first-order valence-corrected chi connectivity index (χ1v) is 6.27. The van der Waals surface area contributed by atoms with Crippen LogP contribution < -0.4 is 11.1 Å². The van der Waals surface area contributed by atoms with Crippen LogP contribution in [0, 0.1) is 0 Å². The van der Waals surface area contributed by atoms with Gasteiger partial charge in [0, 0.05) is 18.3 Å². The molecule has 3 N–H and O–H groups in total. The van der Waals surface area contributed by atoms with Crippen molar-refractivity contribution in [2.24, 2.45) is 0 Å². The molecule has 0 bridgehead atoms. The molecule has 1 amide bonds. The minimum absolute atomic E-state index is 0.00349. The van der Waals surface area contributed by atoms with E-state index in [0.29, 0.717) is 11.3 Å². The molecular formula is C12H17Cl2N3O. The molecule has 1 atom stereocenters. The highest BCUT2D eigenvalue weighted by Crippen LogP contribution is 2.28. The Kier molecular flexibility index (Phi) is 5.26. The number of rotatable bonds is 4. The third-order valence-corrected chi connectivity index (χ3v) is 3.11. The minimum atomic E-state index is -0.274. The van der Waals surface area contributed by atoms with E-state index in [0.717, 1.165) is 6.54 Å². The van der Waals surface area contributed by atoms with Gasteiger partial charge in [0.25, 0.3) is 5.91 Å². The molecule has 0 saturated carbocycles. The van der Waals surface area contributed by atoms with Gasteiger partial charge in [-0.2, -0.15) is 0 Å². The van der Waals surface area contributed by atoms with Gasteiger partial charge in [-0.15, -0.1) is 0 Å². The predicted molar refractivity (Wildman–Crippen MR) is 76.4 cm³/mol. The number of nitrogens with one attached hydrogen (secondary N) is 1. The summed E-state index contributed by atoms with van der Waals surface area (Å²) in [5, 5.41) is 3.35. The SMILES string of the molecule is CC(CN(C)C)NC(=O)c1cc(N)cc(Cl)c1Cl. The molecule has 0 aliphatic carbocycles. The molecule has 6 heteroatoms. The number of nitrogens with two attached hydrogens (primary N) is 1. The molecule has 0 aliphatic rings. The van der Waals surface area contributed by atoms with Crippen molar-refractivity contribution >= 4 is 34.8 Å². The van der Waals surface area contributed by atoms with E-state index in [1.807, 2.05) is 25.9 Å². The number of carbonyl (C=O) groups excluding carboxylic acids is 1. The van der Waals surface area contributed by atoms with Crippen LogP contribution in [-0.4, -0.2) is 37.5 Å². The minimum Gasteiger partial charge on any atom is -0.399 e. The molecule has 0 spiro atoms. The lowest BCUT2D eigenvalue weighted by molar-refractivity contribution is 0.0934. The number of hydrogen-bond acceptors (Lipinski definition) is 3. The molecule has 0 heterocycles. The van der Waals surface area contributed by atoms with Gasteiger partial charge in [0.05, 0.1) is 15.6 Å². The van der Waals surface area contributed by atoms with Crippen molar-refractivity contribution in [1.82, 2.24) is 10.2 Å². The maximum atomic E-state index is 12.0. The molecule has 0 fully saturated rings. The third-order valence-electron chi connectivity index (χ3n) is 2.31. The summed E-state index contributed by atoms with van der Waals surface area (Å²) in [5.74, 6) is -0.274. The Balaban J connectivity index is 2.85. The Bertz CT molecular complexity index is 449. The van der Waals surface area contributed by atoms with Gasteiger partial charge in [0.2, 0.25) is 0 Å². The quantitative estimate of drug-likeness (QED) is 0.836. The fourth-order valence-electron chi connectivity index (χ4n) is 1.67. The zero-order valence-electron chi connectivity index (χ0n) is 10.6. The Morgan fingerprint density at radius 2 is 2.06 bits per heavy atom. The van der Waals surface area contributed by atoms with Crippen LogP contribution in [0.3, 0.4) is 0 Å². The third kappa shape index (κ3) is 4.05. The Morgan fingerprint density at radius 1 is 1.44 bits per heavy atom. The highest BCUT2D eigenvalue weighted by atomic mass is 35.5. The summed E-state index contributed by atoms with van der Waals surface area (Å²) in [5.41, 5.74) is 6.36. The van der Waals surface area contributed by atoms with Crippen LogP contribution in [0.15, 0.2) is 12.1 Å². The number of nitrogen functional groups attached to an aromatic ring is 1. The van der Waals surface area contributed by atoms with E-state index in [9.17, 15) is 4.79 Å². The second kappa shape index (κ2) is 6.27. The summed E-state index contributed by atoms with van der Waals surface area (Å²) in [6.07, 6.45) is 0. The van der Waals surface area contributed by atoms with Gasteiger partial charge in [-0.05, 0) is 33.2 Å². The first kappa shape index (κ1) is 15.1. The number of halogens is 2. The summed E-state index contributed by atoms with van der Waals surface area (Å²) >= 11 is 11.9. The number of benzene rings is 1. The molecular weight excluding hydrogens is 273 g/mol. The normalized spacial score (nSPS) is 12.6. The van der Waals surface area contributed by atoms with Gasteiger partial charge in [0.15, 0.2) is 0 Å². The maximum Gasteiger partial charge on any atom is 0.253 e. The molecule has 100 valence electrons. The Morgan fingerprint density at radius 3 is 2.61 bits per heavy atom. The zero-order valence-corrected chi connectivity index (χ0v) is 12.1. The van der Waals surface area contributed by atoms with E-state index in [1.165, 1.54) is 12.1 Å². The predicted octanol–water partition coefficient (Wildman–Crippen LogP) is 2.26. The molecule has 0 aliphatic heterocycles. The first-order valence-electron chi connectivity index (χ1n) is 5.51. The fourth-order valence-corrected chi connectivity index (χ4v) is 2.09. The molecule has 1 unspecified atom stereocenters. The second-order valence-corrected chi connectivity index (χ2v) is 5.29. The van der Waals surface area contributed by atoms with Crippen molar-refractivity contribution in [3.05, 3.63) is 27.7 Å². The molecule has 4 nitrogen and oxygen atoms in total. The van der Waals surface area contributed by atoms with Crippen molar-refractivity contribution in [3.8, 4) is 0 Å². The van der Waals surface area contributed by atoms with E-state index in [1.54, 1.807) is 0 Å². The maximum absolute atomic E-state index is 12.0. The molecule has 1 aromatic rings. The summed E-state index contributed by atoms with van der Waals surface area (Å²) in [6.45, 7) is 2.65. The molecule has 0 aromatic heterocycles. The van der Waals surface area contributed by atoms with Gasteiger partial charge >= 0.3 is 0 Å².